The number of hydrogen-bond acceptors (Lipinski definition) is 8. The van der Waals surface area contributed by atoms with Crippen LogP contribution in [0.4, 0.5) is 0 Å². The Kier molecular flexibility index (Phi) is 15.9. The fraction of sp³-hybridized carbons (Fsp3) is 0.643. The standard InChI is InChI=1S/C14H23N3O10.Sm/c18-10(19)5-15(1-3-16(6-11(20)21)7-12(22)23)2-4-17(8-13(24)25)9-14(26)27;/h1-9H2,(H,18,19)(H,20,21)(H,22,23)(H,24,25)(H,26,27);/q;+3. The van der Waals surface area contributed by atoms with Crippen LogP contribution in [0.5, 0.6) is 0 Å². The minimum Gasteiger partial charge on any atom is -0.480 e. The zero-order valence-electron chi connectivity index (χ0n) is 14.9. The predicted molar refractivity (Wildman–Crippen MR) is 87.5 cm³/mol. The molecule has 0 rings (SSSR count). The summed E-state index contributed by atoms with van der Waals surface area (Å²) in [5, 5.41) is 44.1. The van der Waals surface area contributed by atoms with Crippen molar-refractivity contribution in [1.29, 1.82) is 0 Å². The number of rotatable bonds is 16. The van der Waals surface area contributed by atoms with Gasteiger partial charge in [0.2, 0.25) is 0 Å². The summed E-state index contributed by atoms with van der Waals surface area (Å²) in [5.74, 6) is -6.16. The largest absolute Gasteiger partial charge is 3.00 e. The molecule has 13 nitrogen and oxygen atoms in total. The molecule has 0 spiro atoms. The number of carbonyl (C=O) groups is 5. The van der Waals surface area contributed by atoms with Gasteiger partial charge in [0, 0.05) is 26.2 Å². The molecule has 0 aliphatic rings. The van der Waals surface area contributed by atoms with Crippen LogP contribution >= 0.6 is 0 Å². The van der Waals surface area contributed by atoms with Crippen molar-refractivity contribution in [3.8, 4) is 0 Å². The Morgan fingerprint density at radius 2 is 0.607 bits per heavy atom. The molecule has 0 bridgehead atoms. The van der Waals surface area contributed by atoms with Crippen LogP contribution in [0.2, 0.25) is 0 Å². The van der Waals surface area contributed by atoms with Gasteiger partial charge in [-0.15, -0.1) is 0 Å². The molecule has 0 unspecified atom stereocenters. The molecule has 1 radical (unpaired) electrons. The maximum atomic E-state index is 11.0. The maximum absolute atomic E-state index is 11.0. The summed E-state index contributed by atoms with van der Waals surface area (Å²) in [6.45, 7) is -2.74. The van der Waals surface area contributed by atoms with Crippen molar-refractivity contribution in [3.05, 3.63) is 0 Å². The van der Waals surface area contributed by atoms with E-state index < -0.39 is 62.6 Å². The molecule has 0 atom stereocenters. The zero-order chi connectivity index (χ0) is 21.0. The molecule has 0 amide bonds. The topological polar surface area (TPSA) is 196 Å². The Morgan fingerprint density at radius 3 is 0.821 bits per heavy atom. The van der Waals surface area contributed by atoms with E-state index in [1.165, 1.54) is 4.90 Å². The third-order valence-corrected chi connectivity index (χ3v) is 3.26. The summed E-state index contributed by atoms with van der Waals surface area (Å²) >= 11 is 0. The van der Waals surface area contributed by atoms with Crippen molar-refractivity contribution in [1.82, 2.24) is 14.7 Å². The van der Waals surface area contributed by atoms with Crippen LogP contribution < -0.4 is 0 Å². The van der Waals surface area contributed by atoms with E-state index >= 15 is 0 Å². The van der Waals surface area contributed by atoms with E-state index in [-0.39, 0.29) is 66.6 Å². The quantitative estimate of drug-likeness (QED) is 0.135. The van der Waals surface area contributed by atoms with Gasteiger partial charge in [0.15, 0.2) is 0 Å². The minimum absolute atomic E-state index is 0. The Morgan fingerprint density at radius 1 is 0.429 bits per heavy atom. The zero-order valence-corrected chi connectivity index (χ0v) is 17.5. The first-order valence-corrected chi connectivity index (χ1v) is 7.75. The van der Waals surface area contributed by atoms with E-state index in [9.17, 15) is 24.0 Å². The van der Waals surface area contributed by atoms with Crippen LogP contribution in [0.25, 0.3) is 0 Å². The number of hydrogen-bond donors (Lipinski definition) is 5. The summed E-state index contributed by atoms with van der Waals surface area (Å²) in [7, 11) is 0. The Balaban J connectivity index is 0. The SMILES string of the molecule is O=C(O)CN(CCN(CC(=O)O)CC(=O)O)CCN(CC(=O)O)CC(=O)O.[Sm+3]. The van der Waals surface area contributed by atoms with Gasteiger partial charge in [-0.1, -0.05) is 0 Å². The molecule has 0 aromatic rings. The summed E-state index contributed by atoms with van der Waals surface area (Å²) in [5.41, 5.74) is 0. The van der Waals surface area contributed by atoms with Gasteiger partial charge in [0.05, 0.1) is 32.7 Å². The molecule has 0 aromatic heterocycles. The van der Waals surface area contributed by atoms with Crippen LogP contribution in [0.15, 0.2) is 0 Å². The van der Waals surface area contributed by atoms with E-state index in [1.54, 1.807) is 0 Å². The third kappa shape index (κ3) is 16.7. The number of carboxylic acids is 5. The Labute approximate surface area is 192 Å². The first kappa shape index (κ1) is 28.8. The van der Waals surface area contributed by atoms with Crippen molar-refractivity contribution in [2.75, 3.05) is 58.9 Å². The van der Waals surface area contributed by atoms with E-state index in [1.807, 2.05) is 0 Å². The molecule has 14 heteroatoms. The summed E-state index contributed by atoms with van der Waals surface area (Å²) in [6.07, 6.45) is 0. The van der Waals surface area contributed by atoms with Crippen LogP contribution in [-0.4, -0.2) is 129 Å². The molecule has 0 saturated heterocycles. The average molecular weight is 544 g/mol. The molecular weight excluding hydrogens is 521 g/mol. The normalized spacial score (nSPS) is 10.7. The van der Waals surface area contributed by atoms with Gasteiger partial charge >= 0.3 is 70.2 Å². The number of carboxylic acid groups (broad SMARTS) is 5. The number of aliphatic carboxylic acids is 5. The molecule has 0 fully saturated rings. The number of nitrogens with zero attached hydrogens (tertiary/aromatic N) is 3. The third-order valence-electron chi connectivity index (χ3n) is 3.26. The summed E-state index contributed by atoms with van der Waals surface area (Å²) < 4.78 is 0. The fourth-order valence-electron chi connectivity index (χ4n) is 2.22. The van der Waals surface area contributed by atoms with Crippen molar-refractivity contribution in [2.45, 2.75) is 0 Å². The van der Waals surface area contributed by atoms with E-state index in [0.29, 0.717) is 0 Å². The van der Waals surface area contributed by atoms with Crippen molar-refractivity contribution in [2.24, 2.45) is 0 Å². The molecule has 0 aliphatic carbocycles. The monoisotopic (exact) mass is 545 g/mol. The van der Waals surface area contributed by atoms with Crippen LogP contribution in [-0.2, 0) is 24.0 Å². The van der Waals surface area contributed by atoms with Gasteiger partial charge in [-0.05, 0) is 0 Å². The summed E-state index contributed by atoms with van der Waals surface area (Å²) in [6, 6.07) is 0. The molecule has 28 heavy (non-hydrogen) atoms. The van der Waals surface area contributed by atoms with E-state index in [0.717, 1.165) is 9.80 Å². The van der Waals surface area contributed by atoms with Gasteiger partial charge in [-0.25, -0.2) is 0 Å². The molecule has 5 N–H and O–H groups in total. The second-order valence-corrected chi connectivity index (χ2v) is 5.67. The van der Waals surface area contributed by atoms with Gasteiger partial charge in [0.1, 0.15) is 0 Å². The maximum Gasteiger partial charge on any atom is 3.00 e. The average Bonchev–Trinajstić information content (AvgIpc) is 2.46. The van der Waals surface area contributed by atoms with Gasteiger partial charge in [-0.3, -0.25) is 38.7 Å². The summed E-state index contributed by atoms with van der Waals surface area (Å²) in [4.78, 5) is 57.6. The van der Waals surface area contributed by atoms with Gasteiger partial charge in [0.25, 0.3) is 0 Å². The second kappa shape index (κ2) is 15.5. The molecular formula is C14H23N3O10Sm+3. The molecule has 0 aliphatic heterocycles. The van der Waals surface area contributed by atoms with Crippen LogP contribution in [0, 0.1) is 40.4 Å². The molecule has 0 saturated carbocycles. The Hall–Kier alpha value is -1.43. The molecule has 157 valence electrons. The van der Waals surface area contributed by atoms with Crippen molar-refractivity contribution >= 4 is 29.8 Å². The van der Waals surface area contributed by atoms with E-state index in [2.05, 4.69) is 0 Å². The van der Waals surface area contributed by atoms with E-state index in [4.69, 9.17) is 25.5 Å². The van der Waals surface area contributed by atoms with Crippen molar-refractivity contribution < 1.29 is 89.9 Å². The van der Waals surface area contributed by atoms with Gasteiger partial charge in [-0.2, -0.15) is 0 Å². The van der Waals surface area contributed by atoms with Crippen molar-refractivity contribution in [3.63, 3.8) is 0 Å². The van der Waals surface area contributed by atoms with Gasteiger partial charge < -0.3 is 25.5 Å². The minimum atomic E-state index is -1.24. The first-order valence-electron chi connectivity index (χ1n) is 7.75. The molecule has 0 aromatic carbocycles. The fourth-order valence-corrected chi connectivity index (χ4v) is 2.22. The van der Waals surface area contributed by atoms with Crippen LogP contribution in [0.3, 0.4) is 0 Å². The second-order valence-electron chi connectivity index (χ2n) is 5.67. The first-order chi connectivity index (χ1) is 12.5. The predicted octanol–water partition coefficient (Wildman–Crippen LogP) is -2.68. The van der Waals surface area contributed by atoms with Crippen LogP contribution in [0.1, 0.15) is 0 Å². The smallest absolute Gasteiger partial charge is 0.480 e. The Bertz CT molecular complexity index is 487. The molecule has 0 heterocycles.